The zero-order chi connectivity index (χ0) is 38.1. The minimum atomic E-state index is -0.106. The molecule has 1 aliphatic carbocycles. The second-order valence-corrected chi connectivity index (χ2v) is 19.5. The highest BCUT2D eigenvalue weighted by Crippen LogP contribution is 2.55. The van der Waals surface area contributed by atoms with Gasteiger partial charge in [0.05, 0.1) is 0 Å². The maximum absolute atomic E-state index is 2.60. The molecule has 54 heavy (non-hydrogen) atoms. The molecule has 2 aliphatic heterocycles. The van der Waals surface area contributed by atoms with Gasteiger partial charge in [-0.05, 0) is 108 Å². The number of anilines is 6. The van der Waals surface area contributed by atoms with Crippen molar-refractivity contribution in [1.29, 1.82) is 0 Å². The van der Waals surface area contributed by atoms with Crippen LogP contribution in [0.2, 0.25) is 0 Å². The number of nitrogens with zero attached hydrogens (tertiary/aromatic N) is 2. The number of hydrogen-bond acceptors (Lipinski definition) is 2. The van der Waals surface area contributed by atoms with Gasteiger partial charge in [-0.3, -0.25) is 0 Å². The van der Waals surface area contributed by atoms with Gasteiger partial charge in [0.25, 0.3) is 6.71 Å². The van der Waals surface area contributed by atoms with E-state index in [1.165, 1.54) is 89.5 Å². The lowest BCUT2D eigenvalue weighted by Crippen LogP contribution is -2.61. The maximum Gasteiger partial charge on any atom is 0.252 e. The number of hydrogen-bond donors (Lipinski definition) is 0. The van der Waals surface area contributed by atoms with Crippen molar-refractivity contribution in [3.63, 3.8) is 0 Å². The van der Waals surface area contributed by atoms with Gasteiger partial charge < -0.3 is 9.80 Å². The van der Waals surface area contributed by atoms with Crippen molar-refractivity contribution >= 4 is 57.2 Å². The molecule has 0 saturated heterocycles. The van der Waals surface area contributed by atoms with Crippen LogP contribution in [0.1, 0.15) is 104 Å². The molecule has 2 heterocycles. The lowest BCUT2D eigenvalue weighted by molar-refractivity contribution is 0.590. The van der Waals surface area contributed by atoms with E-state index in [1.54, 1.807) is 0 Å². The second kappa shape index (κ2) is 11.5. The summed E-state index contributed by atoms with van der Waals surface area (Å²) in [4.78, 5) is 5.13. The monoisotopic (exact) mass is 704 g/mol. The topological polar surface area (TPSA) is 6.48 Å². The number of fused-ring (bicyclic) bond motifs is 8. The molecule has 0 spiro atoms. The zero-order valence-electron chi connectivity index (χ0n) is 34.0. The molecule has 0 saturated carbocycles. The molecule has 2 nitrogen and oxygen atoms in total. The van der Waals surface area contributed by atoms with Gasteiger partial charge in [0.2, 0.25) is 0 Å². The van der Waals surface area contributed by atoms with Crippen molar-refractivity contribution in [3.8, 4) is 11.1 Å². The lowest BCUT2D eigenvalue weighted by atomic mass is 9.33. The van der Waals surface area contributed by atoms with Gasteiger partial charge in [-0.15, -0.1) is 0 Å². The highest BCUT2D eigenvalue weighted by Gasteiger charge is 2.47. The Hall–Kier alpha value is -5.02. The first-order valence-corrected chi connectivity index (χ1v) is 19.8. The summed E-state index contributed by atoms with van der Waals surface area (Å²) >= 11 is 0. The molecule has 0 atom stereocenters. The van der Waals surface area contributed by atoms with Gasteiger partial charge in [-0.1, -0.05) is 155 Å². The van der Waals surface area contributed by atoms with Crippen LogP contribution in [-0.2, 0) is 21.7 Å². The van der Waals surface area contributed by atoms with E-state index >= 15 is 0 Å². The van der Waals surface area contributed by atoms with Crippen LogP contribution in [0, 0.1) is 0 Å². The van der Waals surface area contributed by atoms with E-state index in [4.69, 9.17) is 0 Å². The highest BCUT2D eigenvalue weighted by atomic mass is 15.2. The van der Waals surface area contributed by atoms with E-state index in [0.717, 1.165) is 0 Å². The summed E-state index contributed by atoms with van der Waals surface area (Å²) in [5.41, 5.74) is 21.2. The SMILES string of the molecule is CC(C)(C)c1ccc(N2c3ccc(C(C)(C)C)cc3B3c4ccc5c(c4N(c4ccc(C(C)(C)C)cc4)c4cccc2c43)-c2ccccc2C5(C)C)cc1. The Morgan fingerprint density at radius 3 is 1.59 bits per heavy atom. The molecule has 9 rings (SSSR count). The van der Waals surface area contributed by atoms with Gasteiger partial charge in [0.1, 0.15) is 0 Å². The molecule has 0 fully saturated rings. The molecule has 0 N–H and O–H groups in total. The van der Waals surface area contributed by atoms with Crippen LogP contribution < -0.4 is 26.2 Å². The van der Waals surface area contributed by atoms with E-state index in [0.29, 0.717) is 0 Å². The predicted molar refractivity (Wildman–Crippen MR) is 234 cm³/mol. The second-order valence-electron chi connectivity index (χ2n) is 19.5. The quantitative estimate of drug-likeness (QED) is 0.165. The molecular weight excluding hydrogens is 651 g/mol. The summed E-state index contributed by atoms with van der Waals surface area (Å²) in [6.45, 7) is 25.7. The van der Waals surface area contributed by atoms with Gasteiger partial charge in [-0.2, -0.15) is 0 Å². The number of benzene rings is 6. The molecule has 0 amide bonds. The fraction of sp³-hybridized carbons (Fsp3) is 0.294. The molecule has 0 unspecified atom stereocenters. The smallest absolute Gasteiger partial charge is 0.252 e. The first-order valence-electron chi connectivity index (χ1n) is 19.8. The summed E-state index contributed by atoms with van der Waals surface area (Å²) in [6.07, 6.45) is 0. The molecule has 0 bridgehead atoms. The average molecular weight is 705 g/mol. The van der Waals surface area contributed by atoms with Crippen LogP contribution >= 0.6 is 0 Å². The Morgan fingerprint density at radius 2 is 1.00 bits per heavy atom. The van der Waals surface area contributed by atoms with Crippen LogP contribution in [0.15, 0.2) is 121 Å². The average Bonchev–Trinajstić information content (AvgIpc) is 3.36. The summed E-state index contributed by atoms with van der Waals surface area (Å²) in [6, 6.07) is 47.0. The van der Waals surface area contributed by atoms with Crippen LogP contribution in [-0.4, -0.2) is 6.71 Å². The largest absolute Gasteiger partial charge is 0.311 e. The standard InChI is InChI=1S/C51H53BN2/c1-48(2,3)32-19-24-35(25-20-32)53-42-30-23-34(50(7,8)9)31-41(42)52-40-29-28-39-45(37-15-12-13-16-38(37)51(39,10)11)47(40)54(44-18-14-17-43(53)46(44)52)36-26-21-33(22-27-36)49(4,5)6/h12-31H,1-11H3. The molecule has 3 aliphatic rings. The minimum absolute atomic E-state index is 0.00719. The van der Waals surface area contributed by atoms with Gasteiger partial charge in [-0.25, -0.2) is 0 Å². The lowest BCUT2D eigenvalue weighted by Gasteiger charge is -2.45. The van der Waals surface area contributed by atoms with Gasteiger partial charge in [0, 0.05) is 45.1 Å². The van der Waals surface area contributed by atoms with E-state index in [-0.39, 0.29) is 28.4 Å². The van der Waals surface area contributed by atoms with E-state index in [1.807, 2.05) is 0 Å². The molecule has 270 valence electrons. The van der Waals surface area contributed by atoms with E-state index < -0.39 is 0 Å². The van der Waals surface area contributed by atoms with Crippen molar-refractivity contribution in [2.75, 3.05) is 9.80 Å². The van der Waals surface area contributed by atoms with Crippen molar-refractivity contribution in [3.05, 3.63) is 149 Å². The summed E-state index contributed by atoms with van der Waals surface area (Å²) < 4.78 is 0. The van der Waals surface area contributed by atoms with Gasteiger partial charge >= 0.3 is 0 Å². The van der Waals surface area contributed by atoms with Gasteiger partial charge in [0.15, 0.2) is 0 Å². The zero-order valence-corrected chi connectivity index (χ0v) is 34.0. The molecule has 6 aromatic carbocycles. The van der Waals surface area contributed by atoms with Crippen LogP contribution in [0.5, 0.6) is 0 Å². The molecule has 6 aromatic rings. The van der Waals surface area contributed by atoms with Crippen molar-refractivity contribution in [1.82, 2.24) is 0 Å². The molecule has 0 radical (unpaired) electrons. The third kappa shape index (κ3) is 5.07. The third-order valence-corrected chi connectivity index (χ3v) is 12.5. The first kappa shape index (κ1) is 34.7. The molecule has 3 heteroatoms. The normalized spacial score (nSPS) is 15.4. The Kier molecular flexibility index (Phi) is 7.40. The molecule has 0 aromatic heterocycles. The third-order valence-electron chi connectivity index (χ3n) is 12.5. The fourth-order valence-corrected chi connectivity index (χ4v) is 9.44. The first-order chi connectivity index (χ1) is 25.5. The maximum atomic E-state index is 2.60. The van der Waals surface area contributed by atoms with Crippen molar-refractivity contribution in [2.45, 2.75) is 97.8 Å². The highest BCUT2D eigenvalue weighted by molar-refractivity contribution is 7.00. The Morgan fingerprint density at radius 1 is 0.463 bits per heavy atom. The Balaban J connectivity index is 1.38. The Bertz CT molecular complexity index is 2470. The Labute approximate surface area is 324 Å². The van der Waals surface area contributed by atoms with Crippen LogP contribution in [0.25, 0.3) is 11.1 Å². The van der Waals surface area contributed by atoms with Crippen molar-refractivity contribution < 1.29 is 0 Å². The van der Waals surface area contributed by atoms with E-state index in [9.17, 15) is 0 Å². The minimum Gasteiger partial charge on any atom is -0.311 e. The summed E-state index contributed by atoms with van der Waals surface area (Å²) in [7, 11) is 0. The predicted octanol–water partition coefficient (Wildman–Crippen LogP) is 12.0. The number of rotatable bonds is 2. The van der Waals surface area contributed by atoms with Crippen LogP contribution in [0.4, 0.5) is 34.1 Å². The summed E-state index contributed by atoms with van der Waals surface area (Å²) in [5.74, 6) is 0. The summed E-state index contributed by atoms with van der Waals surface area (Å²) in [5, 5.41) is 0. The molecular formula is C51H53BN2. The fourth-order valence-electron chi connectivity index (χ4n) is 9.44. The van der Waals surface area contributed by atoms with Crippen LogP contribution in [0.3, 0.4) is 0 Å². The van der Waals surface area contributed by atoms with E-state index in [2.05, 4.69) is 207 Å². The van der Waals surface area contributed by atoms with Crippen molar-refractivity contribution in [2.24, 2.45) is 0 Å².